The number of thiol groups is 1. The molecule has 6 nitrogen and oxygen atoms in total. The largest absolute Gasteiger partial charge is 0.480 e. The van der Waals surface area contributed by atoms with E-state index in [4.69, 9.17) is 0 Å². The van der Waals surface area contributed by atoms with Crippen LogP contribution in [-0.2, 0) is 20.8 Å². The van der Waals surface area contributed by atoms with Crippen molar-refractivity contribution in [2.45, 2.75) is 61.8 Å². The van der Waals surface area contributed by atoms with Crippen LogP contribution < -0.4 is 5.32 Å². The third kappa shape index (κ3) is 4.46. The predicted molar refractivity (Wildman–Crippen MR) is 105 cm³/mol. The van der Waals surface area contributed by atoms with Gasteiger partial charge in [-0.3, -0.25) is 14.4 Å². The van der Waals surface area contributed by atoms with Crippen LogP contribution in [0, 0.1) is 0 Å². The normalized spacial score (nSPS) is 22.6. The molecule has 2 amide bonds. The van der Waals surface area contributed by atoms with Crippen LogP contribution in [0.2, 0.25) is 0 Å². The van der Waals surface area contributed by atoms with Crippen molar-refractivity contribution >= 4 is 30.4 Å². The molecule has 27 heavy (non-hydrogen) atoms. The van der Waals surface area contributed by atoms with Gasteiger partial charge >= 0.3 is 5.97 Å². The van der Waals surface area contributed by atoms with Gasteiger partial charge in [-0.15, -0.1) is 0 Å². The minimum atomic E-state index is -1.02. The summed E-state index contributed by atoms with van der Waals surface area (Å²) in [6.45, 7) is -0.306. The van der Waals surface area contributed by atoms with Gasteiger partial charge in [0.1, 0.15) is 12.6 Å². The van der Waals surface area contributed by atoms with E-state index in [1.807, 2.05) is 30.3 Å². The Morgan fingerprint density at radius 2 is 1.89 bits per heavy atom. The number of rotatable bonds is 6. The number of aliphatic carboxylic acids is 1. The molecule has 1 spiro atoms. The molecule has 2 atom stereocenters. The van der Waals surface area contributed by atoms with Gasteiger partial charge < -0.3 is 15.3 Å². The summed E-state index contributed by atoms with van der Waals surface area (Å²) in [7, 11) is 0. The van der Waals surface area contributed by atoms with Gasteiger partial charge in [-0.05, 0) is 50.5 Å². The van der Waals surface area contributed by atoms with E-state index in [-0.39, 0.29) is 23.9 Å². The Hall–Kier alpha value is -2.02. The van der Waals surface area contributed by atoms with Gasteiger partial charge in [0, 0.05) is 5.54 Å². The van der Waals surface area contributed by atoms with E-state index in [1.54, 1.807) is 0 Å². The number of hydrogen-bond donors (Lipinski definition) is 3. The predicted octanol–water partition coefficient (Wildman–Crippen LogP) is 2.03. The van der Waals surface area contributed by atoms with E-state index in [0.717, 1.165) is 37.7 Å². The van der Waals surface area contributed by atoms with E-state index < -0.39 is 17.3 Å². The zero-order valence-corrected chi connectivity index (χ0v) is 16.2. The second-order valence-electron chi connectivity index (χ2n) is 7.55. The van der Waals surface area contributed by atoms with E-state index in [1.165, 1.54) is 4.90 Å². The number of carbonyl (C=O) groups is 3. The van der Waals surface area contributed by atoms with Crippen LogP contribution in [0.5, 0.6) is 0 Å². The van der Waals surface area contributed by atoms with Crippen LogP contribution in [0.25, 0.3) is 0 Å². The molecule has 0 aromatic heterocycles. The summed E-state index contributed by atoms with van der Waals surface area (Å²) in [4.78, 5) is 38.4. The van der Waals surface area contributed by atoms with Gasteiger partial charge in [0.2, 0.25) is 11.8 Å². The van der Waals surface area contributed by atoms with Crippen LogP contribution >= 0.6 is 12.6 Å². The fourth-order valence-electron chi connectivity index (χ4n) is 4.13. The maximum absolute atomic E-state index is 13.0. The van der Waals surface area contributed by atoms with Crippen LogP contribution in [0.3, 0.4) is 0 Å². The SMILES string of the molecule is O=C(O)CN1C(=O)[C@@H](NC(=O)[C@@H](S)Cc2ccccc2)CCCC12CCC2. The lowest BCUT2D eigenvalue weighted by atomic mass is 9.72. The number of carboxylic acids is 1. The minimum Gasteiger partial charge on any atom is -0.480 e. The van der Waals surface area contributed by atoms with Crippen molar-refractivity contribution in [3.63, 3.8) is 0 Å². The fourth-order valence-corrected chi connectivity index (χ4v) is 4.42. The molecule has 2 fully saturated rings. The maximum atomic E-state index is 13.0. The number of carbonyl (C=O) groups excluding carboxylic acids is 2. The summed E-state index contributed by atoms with van der Waals surface area (Å²) in [5.74, 6) is -1.58. The molecule has 0 bridgehead atoms. The Labute approximate surface area is 164 Å². The highest BCUT2D eigenvalue weighted by molar-refractivity contribution is 7.81. The van der Waals surface area contributed by atoms with Crippen molar-refractivity contribution in [1.82, 2.24) is 10.2 Å². The fraction of sp³-hybridized carbons (Fsp3) is 0.550. The summed E-state index contributed by atoms with van der Waals surface area (Å²) in [6, 6.07) is 8.91. The van der Waals surface area contributed by atoms with Crippen molar-refractivity contribution in [1.29, 1.82) is 0 Å². The first-order valence-corrected chi connectivity index (χ1v) is 9.98. The van der Waals surface area contributed by atoms with E-state index >= 15 is 0 Å². The summed E-state index contributed by atoms with van der Waals surface area (Å²) in [5.41, 5.74) is 0.667. The van der Waals surface area contributed by atoms with E-state index in [0.29, 0.717) is 12.8 Å². The van der Waals surface area contributed by atoms with Gasteiger partial charge in [-0.2, -0.15) is 12.6 Å². The molecule has 2 aliphatic rings. The van der Waals surface area contributed by atoms with Gasteiger partial charge in [0.25, 0.3) is 0 Å². The van der Waals surface area contributed by atoms with Gasteiger partial charge in [0.15, 0.2) is 0 Å². The first-order valence-electron chi connectivity index (χ1n) is 9.47. The lowest BCUT2D eigenvalue weighted by Gasteiger charge is -2.49. The number of nitrogens with one attached hydrogen (secondary N) is 1. The summed E-state index contributed by atoms with van der Waals surface area (Å²) in [5, 5.41) is 11.5. The van der Waals surface area contributed by atoms with Crippen molar-refractivity contribution in [3.8, 4) is 0 Å². The molecule has 0 unspecified atom stereocenters. The zero-order valence-electron chi connectivity index (χ0n) is 15.3. The molecule has 0 radical (unpaired) electrons. The Kier molecular flexibility index (Phi) is 6.09. The van der Waals surface area contributed by atoms with Crippen LogP contribution in [0.15, 0.2) is 30.3 Å². The van der Waals surface area contributed by atoms with E-state index in [9.17, 15) is 19.5 Å². The van der Waals surface area contributed by atoms with Crippen LogP contribution in [0.4, 0.5) is 0 Å². The molecule has 1 aliphatic heterocycles. The second kappa shape index (κ2) is 8.33. The third-order valence-corrected chi connectivity index (χ3v) is 6.16. The van der Waals surface area contributed by atoms with Gasteiger partial charge in [-0.1, -0.05) is 30.3 Å². The highest BCUT2D eigenvalue weighted by Crippen LogP contribution is 2.43. The smallest absolute Gasteiger partial charge is 0.323 e. The van der Waals surface area contributed by atoms with Gasteiger partial charge in [-0.25, -0.2) is 0 Å². The number of carboxylic acid groups (broad SMARTS) is 1. The summed E-state index contributed by atoms with van der Waals surface area (Å²) >= 11 is 4.40. The molecule has 1 aromatic rings. The topological polar surface area (TPSA) is 86.7 Å². The number of likely N-dealkylation sites (tertiary alicyclic amines) is 1. The minimum absolute atomic E-state index is 0.275. The first-order chi connectivity index (χ1) is 12.9. The molecule has 1 saturated carbocycles. The molecule has 1 saturated heterocycles. The van der Waals surface area contributed by atoms with Crippen molar-refractivity contribution < 1.29 is 19.5 Å². The summed E-state index contributed by atoms with van der Waals surface area (Å²) in [6.07, 6.45) is 5.30. The van der Waals surface area contributed by atoms with Crippen LogP contribution in [0.1, 0.15) is 44.1 Å². The molecule has 2 N–H and O–H groups in total. The lowest BCUT2D eigenvalue weighted by molar-refractivity contribution is -0.153. The highest BCUT2D eigenvalue weighted by atomic mass is 32.1. The molecule has 1 aliphatic carbocycles. The van der Waals surface area contributed by atoms with Crippen molar-refractivity contribution in [2.24, 2.45) is 0 Å². The monoisotopic (exact) mass is 390 g/mol. The molecule has 7 heteroatoms. The zero-order chi connectivity index (χ0) is 19.4. The second-order valence-corrected chi connectivity index (χ2v) is 8.18. The molecular formula is C20H26N2O4S. The molecule has 1 aromatic carbocycles. The Bertz CT molecular complexity index is 705. The Balaban J connectivity index is 1.67. The highest BCUT2D eigenvalue weighted by Gasteiger charge is 2.48. The number of benzene rings is 1. The Morgan fingerprint density at radius 3 is 2.48 bits per heavy atom. The van der Waals surface area contributed by atoms with Crippen molar-refractivity contribution in [2.75, 3.05) is 6.54 Å². The number of amides is 2. The molecule has 146 valence electrons. The standard InChI is InChI=1S/C20H26N2O4S/c23-17(24)13-22-19(26)15(8-4-9-20(22)10-5-11-20)21-18(25)16(27)12-14-6-2-1-3-7-14/h1-3,6-7,15-16,27H,4-5,8-13H2,(H,21,25)(H,23,24)/t15-,16-/m0/s1. The average molecular weight is 391 g/mol. The molecule has 3 rings (SSSR count). The first kappa shape index (κ1) is 19.7. The number of hydrogen-bond acceptors (Lipinski definition) is 4. The van der Waals surface area contributed by atoms with Crippen molar-refractivity contribution in [3.05, 3.63) is 35.9 Å². The molecule has 1 heterocycles. The quantitative estimate of drug-likeness (QED) is 0.649. The number of nitrogens with zero attached hydrogens (tertiary/aromatic N) is 1. The van der Waals surface area contributed by atoms with E-state index in [2.05, 4.69) is 17.9 Å². The summed E-state index contributed by atoms with van der Waals surface area (Å²) < 4.78 is 0. The molecular weight excluding hydrogens is 364 g/mol. The average Bonchev–Trinajstić information content (AvgIpc) is 2.73. The Morgan fingerprint density at radius 1 is 1.22 bits per heavy atom. The van der Waals surface area contributed by atoms with Gasteiger partial charge in [0.05, 0.1) is 5.25 Å². The maximum Gasteiger partial charge on any atom is 0.323 e. The lowest BCUT2D eigenvalue weighted by Crippen LogP contribution is -2.60. The van der Waals surface area contributed by atoms with Crippen LogP contribution in [-0.4, -0.2) is 51.2 Å². The third-order valence-electron chi connectivity index (χ3n) is 5.74.